The fraction of sp³-hybridized carbons (Fsp3) is 0.333. The smallest absolute Gasteiger partial charge is 0.338 e. The molecule has 162 valence electrons. The lowest BCUT2D eigenvalue weighted by Crippen LogP contribution is -3.21. The van der Waals surface area contributed by atoms with Crippen LogP contribution in [0.15, 0.2) is 76.9 Å². The van der Waals surface area contributed by atoms with E-state index in [2.05, 4.69) is 13.8 Å². The van der Waals surface area contributed by atoms with Crippen molar-refractivity contribution in [2.24, 2.45) is 4.99 Å². The summed E-state index contributed by atoms with van der Waals surface area (Å²) < 4.78 is 5.13. The quantitative estimate of drug-likeness (QED) is 0.555. The first-order valence-electron chi connectivity index (χ1n) is 10.4. The van der Waals surface area contributed by atoms with E-state index in [4.69, 9.17) is 9.73 Å². The molecule has 2 N–H and O–H groups in total. The number of ether oxygens (including phenoxy) is 1. The number of thioether (sulfide) groups is 1. The average molecular weight is 439 g/mol. The summed E-state index contributed by atoms with van der Waals surface area (Å²) in [5.41, 5.74) is 2.97. The number of allylic oxidation sites excluding steroid dienone is 1. The van der Waals surface area contributed by atoms with E-state index in [1.165, 1.54) is 18.9 Å². The Morgan fingerprint density at radius 2 is 1.81 bits per heavy atom. The van der Waals surface area contributed by atoms with Gasteiger partial charge in [-0.05, 0) is 38.5 Å². The van der Waals surface area contributed by atoms with Crippen LogP contribution in [-0.2, 0) is 9.53 Å². The van der Waals surface area contributed by atoms with E-state index >= 15 is 0 Å². The number of quaternary nitrogens is 1. The molecule has 7 heteroatoms. The highest BCUT2D eigenvalue weighted by Crippen LogP contribution is 2.45. The number of carbonyl (C=O) groups is 1. The molecule has 1 saturated heterocycles. The SMILES string of the molecule is COC(=O)C1=C(C)N=C2SCC(O)([NH+](c3ccccc3)C(C)C)N2C1c1ccccc1. The Bertz CT molecular complexity index is 1020. The monoisotopic (exact) mass is 438 g/mol. The molecule has 2 aliphatic heterocycles. The number of amidine groups is 1. The predicted octanol–water partition coefficient (Wildman–Crippen LogP) is 2.86. The number of rotatable bonds is 5. The number of para-hydroxylation sites is 1. The third-order valence-electron chi connectivity index (χ3n) is 5.81. The molecule has 2 aromatic carbocycles. The number of benzene rings is 2. The Kier molecular flexibility index (Phi) is 5.92. The van der Waals surface area contributed by atoms with Crippen LogP contribution >= 0.6 is 11.8 Å². The summed E-state index contributed by atoms with van der Waals surface area (Å²) in [6.45, 7) is 6.00. The van der Waals surface area contributed by atoms with Crippen molar-refractivity contribution in [3.05, 3.63) is 77.5 Å². The fourth-order valence-electron chi connectivity index (χ4n) is 4.58. The summed E-state index contributed by atoms with van der Waals surface area (Å²) in [6.07, 6.45) is 0. The van der Waals surface area contributed by atoms with E-state index in [0.29, 0.717) is 17.0 Å². The molecule has 1 fully saturated rings. The maximum absolute atomic E-state index is 12.9. The van der Waals surface area contributed by atoms with Gasteiger partial charge in [-0.3, -0.25) is 9.80 Å². The van der Waals surface area contributed by atoms with E-state index in [9.17, 15) is 9.90 Å². The van der Waals surface area contributed by atoms with Gasteiger partial charge in [0.1, 0.15) is 11.4 Å². The number of hydrogen-bond donors (Lipinski definition) is 2. The molecule has 0 amide bonds. The third kappa shape index (κ3) is 3.67. The van der Waals surface area contributed by atoms with Gasteiger partial charge in [-0.15, -0.1) is 0 Å². The summed E-state index contributed by atoms with van der Waals surface area (Å²) in [5.74, 6) is -1.31. The van der Waals surface area contributed by atoms with Gasteiger partial charge in [0, 0.05) is 0 Å². The van der Waals surface area contributed by atoms with Crippen LogP contribution in [0.1, 0.15) is 32.4 Å². The van der Waals surface area contributed by atoms with Gasteiger partial charge < -0.3 is 9.84 Å². The number of aliphatic imine (C=N–C) groups is 1. The third-order valence-corrected chi connectivity index (χ3v) is 6.90. The summed E-state index contributed by atoms with van der Waals surface area (Å²) in [4.78, 5) is 20.4. The topological polar surface area (TPSA) is 66.6 Å². The first-order valence-corrected chi connectivity index (χ1v) is 11.4. The highest BCUT2D eigenvalue weighted by molar-refractivity contribution is 8.14. The fourth-order valence-corrected chi connectivity index (χ4v) is 5.80. The van der Waals surface area contributed by atoms with Gasteiger partial charge in [-0.1, -0.05) is 60.3 Å². The second-order valence-corrected chi connectivity index (χ2v) is 9.05. The van der Waals surface area contributed by atoms with Crippen molar-refractivity contribution in [3.8, 4) is 0 Å². The number of esters is 1. The molecule has 3 atom stereocenters. The van der Waals surface area contributed by atoms with Crippen LogP contribution in [0.5, 0.6) is 0 Å². The lowest BCUT2D eigenvalue weighted by Gasteiger charge is -2.45. The van der Waals surface area contributed by atoms with E-state index in [0.717, 1.165) is 21.3 Å². The Hall–Kier alpha value is -2.61. The van der Waals surface area contributed by atoms with Gasteiger partial charge in [-0.2, -0.15) is 0 Å². The summed E-state index contributed by atoms with van der Waals surface area (Å²) in [6, 6.07) is 19.3. The highest BCUT2D eigenvalue weighted by Gasteiger charge is 2.59. The second kappa shape index (κ2) is 8.49. The van der Waals surface area contributed by atoms with E-state index in [-0.39, 0.29) is 6.04 Å². The van der Waals surface area contributed by atoms with Crippen molar-refractivity contribution >= 4 is 28.6 Å². The molecule has 0 bridgehead atoms. The number of aliphatic hydroxyl groups is 1. The molecule has 2 heterocycles. The van der Waals surface area contributed by atoms with Crippen LogP contribution in [0.3, 0.4) is 0 Å². The average Bonchev–Trinajstić information content (AvgIpc) is 3.09. The van der Waals surface area contributed by atoms with Gasteiger partial charge in [-0.25, -0.2) is 9.79 Å². The van der Waals surface area contributed by atoms with Gasteiger partial charge >= 0.3 is 5.97 Å². The van der Waals surface area contributed by atoms with Crippen molar-refractivity contribution in [3.63, 3.8) is 0 Å². The Morgan fingerprint density at radius 1 is 1.19 bits per heavy atom. The van der Waals surface area contributed by atoms with E-state index in [1.54, 1.807) is 0 Å². The molecular formula is C24H28N3O3S+. The molecule has 6 nitrogen and oxygen atoms in total. The molecular weight excluding hydrogens is 410 g/mol. The molecule has 0 saturated carbocycles. The number of fused-ring (bicyclic) bond motifs is 1. The zero-order valence-corrected chi connectivity index (χ0v) is 19.0. The molecule has 4 rings (SSSR count). The molecule has 2 aliphatic rings. The van der Waals surface area contributed by atoms with E-state index < -0.39 is 17.9 Å². The number of methoxy groups -OCH3 is 1. The van der Waals surface area contributed by atoms with Crippen LogP contribution in [-0.4, -0.2) is 45.9 Å². The van der Waals surface area contributed by atoms with Crippen molar-refractivity contribution in [1.29, 1.82) is 0 Å². The number of hydrogen-bond acceptors (Lipinski definition) is 6. The number of nitrogens with zero attached hydrogens (tertiary/aromatic N) is 2. The van der Waals surface area contributed by atoms with Crippen molar-refractivity contribution in [2.45, 2.75) is 38.7 Å². The minimum absolute atomic E-state index is 0.0809. The molecule has 0 aliphatic carbocycles. The largest absolute Gasteiger partial charge is 0.466 e. The standard InChI is InChI=1S/C24H27N3O3S/c1-16(2)26(19-13-9-6-10-14-19)24(29)15-31-23-25-17(3)20(22(28)30-4)21(27(23)24)18-11-7-5-8-12-18/h5-14,16,21,29H,15H2,1-4H3/p+1. The van der Waals surface area contributed by atoms with Gasteiger partial charge in [0.25, 0.3) is 5.85 Å². The van der Waals surface area contributed by atoms with Gasteiger partial charge in [0.05, 0.1) is 30.5 Å². The maximum Gasteiger partial charge on any atom is 0.338 e. The predicted molar refractivity (Wildman–Crippen MR) is 123 cm³/mol. The van der Waals surface area contributed by atoms with Crippen LogP contribution in [0.4, 0.5) is 5.69 Å². The minimum Gasteiger partial charge on any atom is -0.466 e. The first-order chi connectivity index (χ1) is 14.9. The summed E-state index contributed by atoms with van der Waals surface area (Å²) in [5, 5.41) is 13.0. The van der Waals surface area contributed by atoms with Crippen LogP contribution < -0.4 is 4.90 Å². The molecule has 2 aromatic rings. The molecule has 0 spiro atoms. The summed E-state index contributed by atoms with van der Waals surface area (Å²) in [7, 11) is 1.38. The molecule has 0 aromatic heterocycles. The maximum atomic E-state index is 12.9. The molecule has 3 unspecified atom stereocenters. The zero-order valence-electron chi connectivity index (χ0n) is 18.2. The molecule has 31 heavy (non-hydrogen) atoms. The lowest BCUT2D eigenvalue weighted by atomic mass is 9.93. The van der Waals surface area contributed by atoms with Gasteiger partial charge in [0.15, 0.2) is 5.17 Å². The number of carbonyl (C=O) groups excluding carboxylic acids is 1. The lowest BCUT2D eigenvalue weighted by molar-refractivity contribution is -0.950. The summed E-state index contributed by atoms with van der Waals surface area (Å²) >= 11 is 1.52. The number of nitrogens with one attached hydrogen (secondary N) is 1. The highest BCUT2D eigenvalue weighted by atomic mass is 32.2. The van der Waals surface area contributed by atoms with Crippen LogP contribution in [0, 0.1) is 0 Å². The zero-order chi connectivity index (χ0) is 22.2. The Balaban J connectivity index is 1.91. The second-order valence-electron chi connectivity index (χ2n) is 8.11. The van der Waals surface area contributed by atoms with Crippen LogP contribution in [0.2, 0.25) is 0 Å². The van der Waals surface area contributed by atoms with Crippen molar-refractivity contribution in [1.82, 2.24) is 4.90 Å². The normalized spacial score (nSPS) is 24.1. The molecule has 0 radical (unpaired) electrons. The van der Waals surface area contributed by atoms with Crippen LogP contribution in [0.25, 0.3) is 0 Å². The van der Waals surface area contributed by atoms with Crippen molar-refractivity contribution in [2.75, 3.05) is 12.9 Å². The Morgan fingerprint density at radius 3 is 2.39 bits per heavy atom. The van der Waals surface area contributed by atoms with Crippen molar-refractivity contribution < 1.29 is 19.5 Å². The first kappa shape index (κ1) is 21.6. The minimum atomic E-state index is -1.31. The Labute approximate surface area is 187 Å². The van der Waals surface area contributed by atoms with Gasteiger partial charge in [0.2, 0.25) is 0 Å². The van der Waals surface area contributed by atoms with E-state index in [1.807, 2.05) is 72.5 Å².